The number of thioether (sulfide) groups is 1. The molecule has 0 saturated carbocycles. The third kappa shape index (κ3) is 6.34. The van der Waals surface area contributed by atoms with Crippen LogP contribution in [0, 0.1) is 10.1 Å². The molecular formula is C25H20ClN5O3S. The molecule has 0 bridgehead atoms. The van der Waals surface area contributed by atoms with E-state index in [1.54, 1.807) is 24.3 Å². The van der Waals surface area contributed by atoms with Crippen molar-refractivity contribution < 1.29 is 9.72 Å². The van der Waals surface area contributed by atoms with Crippen LogP contribution in [-0.4, -0.2) is 32.3 Å². The number of carbonyl (C=O) groups is 1. The van der Waals surface area contributed by atoms with Crippen LogP contribution in [-0.2, 0) is 11.3 Å². The Morgan fingerprint density at radius 1 is 1.11 bits per heavy atom. The first-order chi connectivity index (χ1) is 17.0. The van der Waals surface area contributed by atoms with Crippen molar-refractivity contribution in [1.29, 1.82) is 0 Å². The summed E-state index contributed by atoms with van der Waals surface area (Å²) in [6.45, 7) is 0.593. The number of rotatable bonds is 9. The number of allylic oxidation sites excluding steroid dienone is 1. The van der Waals surface area contributed by atoms with Crippen LogP contribution in [0.2, 0.25) is 5.02 Å². The molecule has 4 aromatic rings. The number of amides is 1. The molecule has 0 atom stereocenters. The van der Waals surface area contributed by atoms with Gasteiger partial charge in [0.05, 0.1) is 33.8 Å². The molecular weight excluding hydrogens is 486 g/mol. The highest BCUT2D eigenvalue weighted by molar-refractivity contribution is 7.99. The van der Waals surface area contributed by atoms with E-state index in [0.717, 1.165) is 21.8 Å². The zero-order valence-electron chi connectivity index (χ0n) is 18.4. The van der Waals surface area contributed by atoms with E-state index in [1.165, 1.54) is 30.1 Å². The van der Waals surface area contributed by atoms with Gasteiger partial charge in [-0.2, -0.15) is 5.10 Å². The summed E-state index contributed by atoms with van der Waals surface area (Å²) in [5, 5.41) is 16.3. The number of nitrogens with one attached hydrogen (secondary N) is 1. The van der Waals surface area contributed by atoms with Crippen LogP contribution in [0.25, 0.3) is 17.1 Å². The van der Waals surface area contributed by atoms with Crippen LogP contribution in [0.4, 0.5) is 5.69 Å². The minimum absolute atomic E-state index is 0.000857. The number of benzene rings is 3. The first-order valence-electron chi connectivity index (χ1n) is 10.6. The van der Waals surface area contributed by atoms with Crippen LogP contribution in [0.1, 0.15) is 11.1 Å². The maximum Gasteiger partial charge on any atom is 0.276 e. The second-order valence-electron chi connectivity index (χ2n) is 7.37. The molecule has 1 aromatic heterocycles. The highest BCUT2D eigenvalue weighted by atomic mass is 35.5. The maximum atomic E-state index is 12.3. The number of nitro benzene ring substituents is 1. The van der Waals surface area contributed by atoms with Crippen LogP contribution < -0.4 is 5.43 Å². The number of halogens is 1. The molecule has 35 heavy (non-hydrogen) atoms. The highest BCUT2D eigenvalue weighted by Gasteiger charge is 2.13. The van der Waals surface area contributed by atoms with E-state index in [0.29, 0.717) is 17.1 Å². The zero-order chi connectivity index (χ0) is 24.6. The van der Waals surface area contributed by atoms with Gasteiger partial charge in [0.15, 0.2) is 5.16 Å². The predicted molar refractivity (Wildman–Crippen MR) is 140 cm³/mol. The second-order valence-corrected chi connectivity index (χ2v) is 8.75. The highest BCUT2D eigenvalue weighted by Crippen LogP contribution is 2.25. The summed E-state index contributed by atoms with van der Waals surface area (Å²) in [6.07, 6.45) is 4.46. The number of nitro groups is 1. The summed E-state index contributed by atoms with van der Waals surface area (Å²) in [6, 6.07) is 21.8. The minimum Gasteiger partial charge on any atom is -0.314 e. The van der Waals surface area contributed by atoms with Gasteiger partial charge in [-0.15, -0.1) is 0 Å². The van der Waals surface area contributed by atoms with Gasteiger partial charge in [-0.1, -0.05) is 59.8 Å². The molecule has 4 rings (SSSR count). The Kier molecular flexibility index (Phi) is 7.92. The van der Waals surface area contributed by atoms with E-state index in [4.69, 9.17) is 11.6 Å². The Balaban J connectivity index is 1.38. The van der Waals surface area contributed by atoms with Crippen molar-refractivity contribution in [3.05, 3.63) is 105 Å². The number of aromatic nitrogens is 2. The van der Waals surface area contributed by atoms with Gasteiger partial charge in [-0.25, -0.2) is 10.4 Å². The van der Waals surface area contributed by atoms with E-state index >= 15 is 0 Å². The SMILES string of the molecule is O=C(CSc1nc2ccccc2n1Cc1ccc(Cl)cc1)NN=CC=Cc1ccccc1[N+](=O)[O-]. The number of carbonyl (C=O) groups excluding carboxylic acids is 1. The standard InChI is InChI=1S/C25H20ClN5O3S/c26-20-13-11-18(12-14-20)16-30-23-10-4-2-8-21(23)28-25(30)35-17-24(32)29-27-15-5-7-19-6-1-3-9-22(19)31(33)34/h1-15H,16-17H2,(H,29,32). The molecule has 3 aromatic carbocycles. The maximum absolute atomic E-state index is 12.3. The number of fused-ring (bicyclic) bond motifs is 1. The topological polar surface area (TPSA) is 102 Å². The van der Waals surface area contributed by atoms with Crippen molar-refractivity contribution >= 4 is 58.3 Å². The molecule has 0 aliphatic rings. The number of imidazole rings is 1. The lowest BCUT2D eigenvalue weighted by Crippen LogP contribution is -2.19. The molecule has 1 N–H and O–H groups in total. The smallest absolute Gasteiger partial charge is 0.276 e. The molecule has 176 valence electrons. The largest absolute Gasteiger partial charge is 0.314 e. The Bertz CT molecular complexity index is 1420. The van der Waals surface area contributed by atoms with Gasteiger partial charge in [0, 0.05) is 17.3 Å². The van der Waals surface area contributed by atoms with Crippen LogP contribution in [0.5, 0.6) is 0 Å². The van der Waals surface area contributed by atoms with Gasteiger partial charge in [0.25, 0.3) is 11.6 Å². The molecule has 8 nitrogen and oxygen atoms in total. The Morgan fingerprint density at radius 2 is 1.86 bits per heavy atom. The lowest BCUT2D eigenvalue weighted by Gasteiger charge is -2.09. The van der Waals surface area contributed by atoms with Gasteiger partial charge in [-0.3, -0.25) is 14.9 Å². The van der Waals surface area contributed by atoms with Gasteiger partial charge >= 0.3 is 0 Å². The molecule has 0 aliphatic carbocycles. The van der Waals surface area contributed by atoms with Crippen LogP contribution >= 0.6 is 23.4 Å². The van der Waals surface area contributed by atoms with Crippen molar-refractivity contribution in [2.75, 3.05) is 5.75 Å². The Labute approximate surface area is 210 Å². The minimum atomic E-state index is -0.448. The van der Waals surface area contributed by atoms with Crippen molar-refractivity contribution in [2.24, 2.45) is 5.10 Å². The quantitative estimate of drug-likeness (QED) is 0.139. The predicted octanol–water partition coefficient (Wildman–Crippen LogP) is 5.55. The van der Waals surface area contributed by atoms with Crippen molar-refractivity contribution in [2.45, 2.75) is 11.7 Å². The molecule has 0 unspecified atom stereocenters. The van der Waals surface area contributed by atoms with E-state index < -0.39 is 4.92 Å². The first-order valence-corrected chi connectivity index (χ1v) is 11.9. The fourth-order valence-corrected chi connectivity index (χ4v) is 4.28. The number of para-hydroxylation sites is 3. The molecule has 0 radical (unpaired) electrons. The summed E-state index contributed by atoms with van der Waals surface area (Å²) < 4.78 is 2.06. The number of hydrogen-bond donors (Lipinski definition) is 1. The summed E-state index contributed by atoms with van der Waals surface area (Å²) in [5.41, 5.74) is 5.80. The van der Waals surface area contributed by atoms with Crippen LogP contribution in [0.3, 0.4) is 0 Å². The Hall–Kier alpha value is -3.95. The summed E-state index contributed by atoms with van der Waals surface area (Å²) in [4.78, 5) is 27.6. The lowest BCUT2D eigenvalue weighted by atomic mass is 10.2. The van der Waals surface area contributed by atoms with E-state index in [-0.39, 0.29) is 17.3 Å². The van der Waals surface area contributed by atoms with E-state index in [1.807, 2.05) is 48.5 Å². The average molecular weight is 506 g/mol. The molecule has 0 spiro atoms. The number of nitrogens with zero attached hydrogens (tertiary/aromatic N) is 4. The summed E-state index contributed by atoms with van der Waals surface area (Å²) >= 11 is 7.32. The van der Waals surface area contributed by atoms with Gasteiger partial charge < -0.3 is 4.57 Å². The molecule has 0 fully saturated rings. The van der Waals surface area contributed by atoms with Crippen molar-refractivity contribution in [1.82, 2.24) is 15.0 Å². The fraction of sp³-hybridized carbons (Fsp3) is 0.0800. The van der Waals surface area contributed by atoms with Gasteiger partial charge in [0.1, 0.15) is 0 Å². The van der Waals surface area contributed by atoms with Crippen molar-refractivity contribution in [3.8, 4) is 0 Å². The lowest BCUT2D eigenvalue weighted by molar-refractivity contribution is -0.385. The average Bonchev–Trinajstić information content (AvgIpc) is 3.21. The van der Waals surface area contributed by atoms with Gasteiger partial charge in [-0.05, 0) is 48.0 Å². The molecule has 0 aliphatic heterocycles. The van der Waals surface area contributed by atoms with Crippen molar-refractivity contribution in [3.63, 3.8) is 0 Å². The first kappa shape index (κ1) is 24.2. The second kappa shape index (κ2) is 11.5. The van der Waals surface area contributed by atoms with E-state index in [2.05, 4.69) is 20.1 Å². The molecule has 10 heteroatoms. The molecule has 1 amide bonds. The Morgan fingerprint density at radius 3 is 2.66 bits per heavy atom. The van der Waals surface area contributed by atoms with E-state index in [9.17, 15) is 14.9 Å². The monoisotopic (exact) mass is 505 g/mol. The zero-order valence-corrected chi connectivity index (χ0v) is 19.9. The fourth-order valence-electron chi connectivity index (χ4n) is 3.34. The van der Waals surface area contributed by atoms with Gasteiger partial charge in [0.2, 0.25) is 0 Å². The van der Waals surface area contributed by atoms with Crippen LogP contribution in [0.15, 0.2) is 89.1 Å². The molecule has 0 saturated heterocycles. The third-order valence-corrected chi connectivity index (χ3v) is 6.19. The normalized spacial score (nSPS) is 11.5. The summed E-state index contributed by atoms with van der Waals surface area (Å²) in [5.74, 6) is -0.176. The third-order valence-electron chi connectivity index (χ3n) is 4.96. The summed E-state index contributed by atoms with van der Waals surface area (Å²) in [7, 11) is 0. The number of hydrazone groups is 1. The number of hydrogen-bond acceptors (Lipinski definition) is 6. The molecule has 1 heterocycles.